The molecule has 4 nitrogen and oxygen atoms in total. The van der Waals surface area contributed by atoms with Gasteiger partial charge >= 0.3 is 0 Å². The van der Waals surface area contributed by atoms with Crippen molar-refractivity contribution >= 4 is 45.9 Å². The maximum Gasteiger partial charge on any atom is 0.225 e. The van der Waals surface area contributed by atoms with Gasteiger partial charge in [-0.3, -0.25) is 4.79 Å². The number of rotatable bonds is 5. The quantitative estimate of drug-likeness (QED) is 0.652. The molecular weight excluding hydrogens is 354 g/mol. The van der Waals surface area contributed by atoms with E-state index in [2.05, 4.69) is 16.4 Å². The summed E-state index contributed by atoms with van der Waals surface area (Å²) in [7, 11) is 0. The Morgan fingerprint density at radius 2 is 2.04 bits per heavy atom. The Balaban J connectivity index is 1.62. The van der Waals surface area contributed by atoms with Gasteiger partial charge < -0.3 is 5.32 Å². The third-order valence-corrected chi connectivity index (χ3v) is 4.71. The van der Waals surface area contributed by atoms with Gasteiger partial charge in [-0.1, -0.05) is 35.9 Å². The van der Waals surface area contributed by atoms with Gasteiger partial charge in [0, 0.05) is 28.3 Å². The van der Waals surface area contributed by atoms with Crippen LogP contribution in [-0.2, 0) is 4.79 Å². The third-order valence-electron chi connectivity index (χ3n) is 3.49. The zero-order valence-corrected chi connectivity index (χ0v) is 14.8. The Hall–Kier alpha value is -2.55. The van der Waals surface area contributed by atoms with Gasteiger partial charge in [-0.2, -0.15) is 5.26 Å². The second kappa shape index (κ2) is 8.02. The molecule has 0 spiro atoms. The molecule has 3 aromatic rings. The smallest absolute Gasteiger partial charge is 0.225 e. The molecule has 0 unspecified atom stereocenters. The molecule has 1 heterocycles. The minimum Gasteiger partial charge on any atom is -0.326 e. The maximum absolute atomic E-state index is 12.0. The lowest BCUT2D eigenvalue weighted by molar-refractivity contribution is -0.115. The fraction of sp³-hybridized carbons (Fsp3) is 0.105. The fourth-order valence-corrected chi connectivity index (χ4v) is 3.41. The summed E-state index contributed by atoms with van der Waals surface area (Å²) >= 11 is 7.31. The van der Waals surface area contributed by atoms with Gasteiger partial charge in [0.1, 0.15) is 11.1 Å². The molecular formula is C19H14ClN3OS. The molecule has 0 bridgehead atoms. The maximum atomic E-state index is 12.0. The Bertz CT molecular complexity index is 968. The number of nitrogens with one attached hydrogen (secondary N) is 1. The first-order chi connectivity index (χ1) is 12.2. The van der Waals surface area contributed by atoms with Crippen LogP contribution in [0.2, 0.25) is 5.02 Å². The van der Waals surface area contributed by atoms with Crippen LogP contribution in [0.15, 0.2) is 59.6 Å². The molecule has 2 aromatic carbocycles. The highest BCUT2D eigenvalue weighted by atomic mass is 35.5. The molecule has 25 heavy (non-hydrogen) atoms. The van der Waals surface area contributed by atoms with Crippen molar-refractivity contribution in [1.29, 1.82) is 5.26 Å². The van der Waals surface area contributed by atoms with Crippen LogP contribution in [0.4, 0.5) is 5.69 Å². The molecule has 0 aliphatic heterocycles. The van der Waals surface area contributed by atoms with Gasteiger partial charge in [-0.05, 0) is 30.3 Å². The number of aromatic nitrogens is 1. The summed E-state index contributed by atoms with van der Waals surface area (Å²) in [6.07, 6.45) is 0.316. The van der Waals surface area contributed by atoms with Crippen molar-refractivity contribution in [2.24, 2.45) is 0 Å². The molecule has 0 fully saturated rings. The number of hydrogen-bond donors (Lipinski definition) is 1. The number of nitrogens with zero attached hydrogens (tertiary/aromatic N) is 2. The SMILES string of the molecule is N#Cc1cc2ccccc2nc1SCCC(=O)Nc1cccc(Cl)c1. The van der Waals surface area contributed by atoms with Crippen molar-refractivity contribution < 1.29 is 4.79 Å². The Kier molecular flexibility index (Phi) is 5.54. The number of hydrogen-bond acceptors (Lipinski definition) is 4. The summed E-state index contributed by atoms with van der Waals surface area (Å²) in [5.41, 5.74) is 2.04. The molecule has 1 aromatic heterocycles. The second-order valence-electron chi connectivity index (χ2n) is 5.30. The van der Waals surface area contributed by atoms with Gasteiger partial charge in [0.05, 0.1) is 11.1 Å². The highest BCUT2D eigenvalue weighted by Gasteiger charge is 2.09. The van der Waals surface area contributed by atoms with Crippen LogP contribution >= 0.6 is 23.4 Å². The van der Waals surface area contributed by atoms with Crippen LogP contribution in [0.5, 0.6) is 0 Å². The number of amides is 1. The van der Waals surface area contributed by atoms with E-state index < -0.39 is 0 Å². The van der Waals surface area contributed by atoms with Gasteiger partial charge in [0.25, 0.3) is 0 Å². The number of benzene rings is 2. The number of carbonyl (C=O) groups is 1. The molecule has 1 N–H and O–H groups in total. The molecule has 1 amide bonds. The van der Waals surface area contributed by atoms with Crippen LogP contribution < -0.4 is 5.32 Å². The van der Waals surface area contributed by atoms with Crippen molar-refractivity contribution in [3.05, 3.63) is 65.2 Å². The predicted octanol–water partition coefficient (Wildman–Crippen LogP) is 4.88. The predicted molar refractivity (Wildman–Crippen MR) is 102 cm³/mol. The minimum absolute atomic E-state index is 0.103. The van der Waals surface area contributed by atoms with Gasteiger partial charge in [-0.15, -0.1) is 11.8 Å². The number of fused-ring (bicyclic) bond motifs is 1. The lowest BCUT2D eigenvalue weighted by Gasteiger charge is -2.07. The van der Waals surface area contributed by atoms with Crippen LogP contribution in [0.3, 0.4) is 0 Å². The second-order valence-corrected chi connectivity index (χ2v) is 6.82. The lowest BCUT2D eigenvalue weighted by atomic mass is 10.2. The molecule has 6 heteroatoms. The van der Waals surface area contributed by atoms with E-state index in [0.717, 1.165) is 10.9 Å². The number of halogens is 1. The van der Waals surface area contributed by atoms with E-state index in [4.69, 9.17) is 11.6 Å². The molecule has 0 aliphatic rings. The zero-order chi connectivity index (χ0) is 17.6. The third kappa shape index (κ3) is 4.50. The normalized spacial score (nSPS) is 10.4. The monoisotopic (exact) mass is 367 g/mol. The van der Waals surface area contributed by atoms with E-state index in [1.807, 2.05) is 30.3 Å². The summed E-state index contributed by atoms with van der Waals surface area (Å²) in [6, 6.07) is 18.7. The average Bonchev–Trinajstić information content (AvgIpc) is 2.61. The van der Waals surface area contributed by atoms with E-state index in [0.29, 0.717) is 33.5 Å². The molecule has 3 rings (SSSR count). The molecule has 0 radical (unpaired) electrons. The Morgan fingerprint density at radius 1 is 1.20 bits per heavy atom. The highest BCUT2D eigenvalue weighted by Crippen LogP contribution is 2.25. The first-order valence-electron chi connectivity index (χ1n) is 7.64. The van der Waals surface area contributed by atoms with Crippen LogP contribution in [0, 0.1) is 11.3 Å². The van der Waals surface area contributed by atoms with Crippen LogP contribution in [-0.4, -0.2) is 16.6 Å². The molecule has 0 saturated carbocycles. The topological polar surface area (TPSA) is 65.8 Å². The number of anilines is 1. The van der Waals surface area contributed by atoms with Gasteiger partial charge in [-0.25, -0.2) is 4.98 Å². The lowest BCUT2D eigenvalue weighted by Crippen LogP contribution is -2.12. The van der Waals surface area contributed by atoms with Crippen LogP contribution in [0.1, 0.15) is 12.0 Å². The van der Waals surface area contributed by atoms with Crippen molar-refractivity contribution in [1.82, 2.24) is 4.98 Å². The van der Waals surface area contributed by atoms with Crippen LogP contribution in [0.25, 0.3) is 10.9 Å². The fourth-order valence-electron chi connectivity index (χ4n) is 2.32. The molecule has 0 aliphatic carbocycles. The summed E-state index contributed by atoms with van der Waals surface area (Å²) < 4.78 is 0. The van der Waals surface area contributed by atoms with Crippen molar-refractivity contribution in [2.75, 3.05) is 11.1 Å². The number of carbonyl (C=O) groups excluding carboxylic acids is 1. The summed E-state index contributed by atoms with van der Waals surface area (Å²) in [5.74, 6) is 0.431. The Morgan fingerprint density at radius 3 is 2.84 bits per heavy atom. The summed E-state index contributed by atoms with van der Waals surface area (Å²) in [6.45, 7) is 0. The first-order valence-corrected chi connectivity index (χ1v) is 9.00. The number of pyridine rings is 1. The van der Waals surface area contributed by atoms with E-state index >= 15 is 0 Å². The number of thioether (sulfide) groups is 1. The van der Waals surface area contributed by atoms with E-state index in [1.165, 1.54) is 11.8 Å². The zero-order valence-electron chi connectivity index (χ0n) is 13.2. The number of para-hydroxylation sites is 1. The van der Waals surface area contributed by atoms with Crippen molar-refractivity contribution in [3.63, 3.8) is 0 Å². The molecule has 0 atom stereocenters. The first kappa shape index (κ1) is 17.3. The van der Waals surface area contributed by atoms with Gasteiger partial charge in [0.15, 0.2) is 0 Å². The van der Waals surface area contributed by atoms with Gasteiger partial charge in [0.2, 0.25) is 5.91 Å². The molecule has 124 valence electrons. The largest absolute Gasteiger partial charge is 0.326 e. The Labute approximate surface area is 154 Å². The highest BCUT2D eigenvalue weighted by molar-refractivity contribution is 7.99. The summed E-state index contributed by atoms with van der Waals surface area (Å²) in [5, 5.41) is 14.3. The number of nitriles is 1. The molecule has 0 saturated heterocycles. The van der Waals surface area contributed by atoms with E-state index in [-0.39, 0.29) is 5.91 Å². The van der Waals surface area contributed by atoms with E-state index in [1.54, 1.807) is 24.3 Å². The minimum atomic E-state index is -0.103. The van der Waals surface area contributed by atoms with Crippen molar-refractivity contribution in [2.45, 2.75) is 11.4 Å². The summed E-state index contributed by atoms with van der Waals surface area (Å²) in [4.78, 5) is 16.6. The van der Waals surface area contributed by atoms with E-state index in [9.17, 15) is 10.1 Å². The average molecular weight is 368 g/mol. The standard InChI is InChI=1S/C19H14ClN3OS/c20-15-5-3-6-16(11-15)22-18(24)8-9-25-19-14(12-21)10-13-4-1-2-7-17(13)23-19/h1-7,10-11H,8-9H2,(H,22,24). The van der Waals surface area contributed by atoms with Crippen molar-refractivity contribution in [3.8, 4) is 6.07 Å².